The van der Waals surface area contributed by atoms with Crippen LogP contribution < -0.4 is 5.11 Å². The molecule has 5 nitrogen and oxygen atoms in total. The minimum absolute atomic E-state index is 0.0692. The highest BCUT2D eigenvalue weighted by molar-refractivity contribution is 5.71. The van der Waals surface area contributed by atoms with E-state index in [-0.39, 0.29) is 10.9 Å². The van der Waals surface area contributed by atoms with Crippen LogP contribution in [-0.2, 0) is 4.79 Å². The highest BCUT2D eigenvalue weighted by atomic mass is 16.5. The molecule has 2 N–H and O–H groups in total. The molecule has 0 aromatic carbocycles. The van der Waals surface area contributed by atoms with Crippen LogP contribution in [0.3, 0.4) is 0 Å². The number of likely N-dealkylation sites (N-methyl/N-ethyl adjacent to an activating group) is 1. The van der Waals surface area contributed by atoms with E-state index in [0.717, 1.165) is 12.8 Å². The third-order valence-corrected chi connectivity index (χ3v) is 6.08. The van der Waals surface area contributed by atoms with Gasteiger partial charge in [-0.25, -0.2) is 0 Å². The van der Waals surface area contributed by atoms with Gasteiger partial charge in [0.15, 0.2) is 6.04 Å². The zero-order valence-electron chi connectivity index (χ0n) is 20.5. The number of aliphatic hydroxyl groups is 2. The van der Waals surface area contributed by atoms with Crippen LogP contribution in [-0.4, -0.2) is 53.6 Å². The molecular weight excluding hydrogens is 378 g/mol. The fourth-order valence-electron chi connectivity index (χ4n) is 4.37. The zero-order valence-corrected chi connectivity index (χ0v) is 20.5. The maximum absolute atomic E-state index is 11.3. The Labute approximate surface area is 186 Å². The highest BCUT2D eigenvalue weighted by Crippen LogP contribution is 2.23. The molecular formula is C25H51NO4. The lowest BCUT2D eigenvalue weighted by molar-refractivity contribution is -0.901. The number of hydrogen-bond acceptors (Lipinski definition) is 4. The van der Waals surface area contributed by atoms with Crippen molar-refractivity contribution in [3.05, 3.63) is 0 Å². The molecule has 0 spiro atoms. The van der Waals surface area contributed by atoms with Crippen LogP contribution in [0.2, 0.25) is 0 Å². The van der Waals surface area contributed by atoms with Gasteiger partial charge >= 0.3 is 0 Å². The molecule has 1 unspecified atom stereocenters. The summed E-state index contributed by atoms with van der Waals surface area (Å²) in [6.45, 7) is 2.26. The lowest BCUT2D eigenvalue weighted by Gasteiger charge is -2.41. The molecule has 0 fully saturated rings. The standard InChI is InChI=1S/C25H51NO4/c1-5-6-7-8-9-10-11-12-13-14-15-16-17-18-19-20-21-22-25(29,30)23(24(27)28)26(2,3)4/h23,29-30H,5-22H2,1-4H3. The Morgan fingerprint density at radius 2 is 1.00 bits per heavy atom. The van der Waals surface area contributed by atoms with Crippen LogP contribution in [0, 0.1) is 0 Å². The third kappa shape index (κ3) is 15.2. The molecule has 0 rings (SSSR count). The van der Waals surface area contributed by atoms with E-state index in [1.807, 2.05) is 0 Å². The minimum Gasteiger partial charge on any atom is -0.544 e. The van der Waals surface area contributed by atoms with Gasteiger partial charge in [0, 0.05) is 6.42 Å². The van der Waals surface area contributed by atoms with Crippen LogP contribution in [0.4, 0.5) is 0 Å². The Balaban J connectivity index is 3.55. The summed E-state index contributed by atoms with van der Waals surface area (Å²) in [6.07, 6.45) is 21.5. The van der Waals surface area contributed by atoms with Crippen LogP contribution in [0.1, 0.15) is 122 Å². The second-order valence-electron chi connectivity index (χ2n) is 10.1. The molecule has 0 saturated carbocycles. The van der Waals surface area contributed by atoms with Crippen LogP contribution in [0.15, 0.2) is 0 Å². The Bertz CT molecular complexity index is 418. The van der Waals surface area contributed by atoms with Crippen molar-refractivity contribution in [3.8, 4) is 0 Å². The molecule has 0 aromatic heterocycles. The fraction of sp³-hybridized carbons (Fsp3) is 0.960. The summed E-state index contributed by atoms with van der Waals surface area (Å²) in [6, 6.07) is -1.35. The molecule has 0 saturated heterocycles. The summed E-state index contributed by atoms with van der Waals surface area (Å²) >= 11 is 0. The van der Waals surface area contributed by atoms with Crippen molar-refractivity contribution in [2.45, 2.75) is 134 Å². The van der Waals surface area contributed by atoms with Gasteiger partial charge in [-0.1, -0.05) is 110 Å². The summed E-state index contributed by atoms with van der Waals surface area (Å²) in [5.41, 5.74) is 0. The van der Waals surface area contributed by atoms with Crippen LogP contribution >= 0.6 is 0 Å². The molecule has 0 radical (unpaired) electrons. The van der Waals surface area contributed by atoms with Gasteiger partial charge in [-0.2, -0.15) is 0 Å². The summed E-state index contributed by atoms with van der Waals surface area (Å²) in [4.78, 5) is 11.3. The summed E-state index contributed by atoms with van der Waals surface area (Å²) < 4.78 is -0.0751. The van der Waals surface area contributed by atoms with Gasteiger partial charge in [-0.05, 0) is 6.42 Å². The average molecular weight is 430 g/mol. The SMILES string of the molecule is CCCCCCCCCCCCCCCCCCCC(O)(O)C(C(=O)[O-])[N+](C)(C)C. The monoisotopic (exact) mass is 429 g/mol. The smallest absolute Gasteiger partial charge is 0.222 e. The predicted molar refractivity (Wildman–Crippen MR) is 123 cm³/mol. The number of carbonyl (C=O) groups is 1. The van der Waals surface area contributed by atoms with E-state index in [4.69, 9.17) is 0 Å². The van der Waals surface area contributed by atoms with E-state index in [2.05, 4.69) is 6.92 Å². The molecule has 0 heterocycles. The van der Waals surface area contributed by atoms with Crippen molar-refractivity contribution in [1.82, 2.24) is 0 Å². The predicted octanol–water partition coefficient (Wildman–Crippen LogP) is 4.53. The number of carboxylic acid groups (broad SMARTS) is 1. The van der Waals surface area contributed by atoms with Gasteiger partial charge in [0.25, 0.3) is 0 Å². The first kappa shape index (κ1) is 29.4. The van der Waals surface area contributed by atoms with Crippen molar-refractivity contribution < 1.29 is 24.6 Å². The second kappa shape index (κ2) is 17.0. The topological polar surface area (TPSA) is 80.6 Å². The van der Waals surface area contributed by atoms with Gasteiger partial charge in [-0.15, -0.1) is 0 Å². The Kier molecular flexibility index (Phi) is 16.6. The van der Waals surface area contributed by atoms with Gasteiger partial charge in [0.2, 0.25) is 5.79 Å². The second-order valence-corrected chi connectivity index (χ2v) is 10.1. The Morgan fingerprint density at radius 3 is 1.27 bits per heavy atom. The van der Waals surface area contributed by atoms with Gasteiger partial charge in [0.05, 0.1) is 21.1 Å². The largest absolute Gasteiger partial charge is 0.544 e. The van der Waals surface area contributed by atoms with E-state index in [9.17, 15) is 20.1 Å². The summed E-state index contributed by atoms with van der Waals surface area (Å²) in [5, 5.41) is 31.8. The molecule has 0 bridgehead atoms. The zero-order chi connectivity index (χ0) is 22.9. The quantitative estimate of drug-likeness (QED) is 0.159. The molecule has 0 aliphatic heterocycles. The van der Waals surface area contributed by atoms with E-state index in [0.29, 0.717) is 6.42 Å². The maximum Gasteiger partial charge on any atom is 0.222 e. The summed E-state index contributed by atoms with van der Waals surface area (Å²) in [5.74, 6) is -3.65. The lowest BCUT2D eigenvalue weighted by atomic mass is 9.97. The highest BCUT2D eigenvalue weighted by Gasteiger charge is 2.44. The first-order chi connectivity index (χ1) is 14.1. The lowest BCUT2D eigenvalue weighted by Crippen LogP contribution is -2.66. The van der Waals surface area contributed by atoms with Gasteiger partial charge in [-0.3, -0.25) is 0 Å². The fourth-order valence-corrected chi connectivity index (χ4v) is 4.37. The van der Waals surface area contributed by atoms with Crippen LogP contribution in [0.25, 0.3) is 0 Å². The van der Waals surface area contributed by atoms with Crippen molar-refractivity contribution in [2.75, 3.05) is 21.1 Å². The number of aliphatic carboxylic acids is 1. The van der Waals surface area contributed by atoms with Gasteiger partial charge < -0.3 is 24.6 Å². The maximum atomic E-state index is 11.3. The van der Waals surface area contributed by atoms with E-state index in [1.54, 1.807) is 21.1 Å². The summed E-state index contributed by atoms with van der Waals surface area (Å²) in [7, 11) is 4.91. The number of hydrogen-bond donors (Lipinski definition) is 2. The van der Waals surface area contributed by atoms with Crippen LogP contribution in [0.5, 0.6) is 0 Å². The number of unbranched alkanes of at least 4 members (excludes halogenated alkanes) is 16. The van der Waals surface area contributed by atoms with E-state index >= 15 is 0 Å². The normalized spacial score (nSPS) is 13.5. The van der Waals surface area contributed by atoms with E-state index < -0.39 is 17.8 Å². The third-order valence-electron chi connectivity index (χ3n) is 6.08. The molecule has 0 aliphatic carbocycles. The van der Waals surface area contributed by atoms with Gasteiger partial charge in [0.1, 0.15) is 5.97 Å². The first-order valence-electron chi connectivity index (χ1n) is 12.6. The number of nitrogens with zero attached hydrogens (tertiary/aromatic N) is 1. The molecule has 0 aliphatic rings. The van der Waals surface area contributed by atoms with Crippen molar-refractivity contribution in [2.24, 2.45) is 0 Å². The van der Waals surface area contributed by atoms with Crippen molar-refractivity contribution in [3.63, 3.8) is 0 Å². The molecule has 30 heavy (non-hydrogen) atoms. The van der Waals surface area contributed by atoms with E-state index in [1.165, 1.54) is 89.9 Å². The number of rotatable bonds is 21. The first-order valence-corrected chi connectivity index (χ1v) is 12.6. The van der Waals surface area contributed by atoms with Crippen molar-refractivity contribution >= 4 is 5.97 Å². The molecule has 5 heteroatoms. The van der Waals surface area contributed by atoms with Crippen molar-refractivity contribution in [1.29, 1.82) is 0 Å². The number of quaternary nitrogens is 1. The molecule has 180 valence electrons. The molecule has 0 amide bonds. The molecule has 1 atom stereocenters. The molecule has 0 aromatic rings. The average Bonchev–Trinajstić information content (AvgIpc) is 2.62. The Morgan fingerprint density at radius 1 is 0.700 bits per heavy atom. The number of carboxylic acids is 1. The minimum atomic E-state index is -2.23. The Hall–Kier alpha value is -0.650. The number of carbonyl (C=O) groups excluding carboxylic acids is 1.